The van der Waals surface area contributed by atoms with E-state index >= 15 is 0 Å². The minimum absolute atomic E-state index is 0.108. The second kappa shape index (κ2) is 9.33. The molecular formula is C22H23ClN4O5S2. The topological polar surface area (TPSA) is 128 Å². The van der Waals surface area contributed by atoms with E-state index < -0.39 is 10.6 Å². The second-order valence-corrected chi connectivity index (χ2v) is 11.9. The van der Waals surface area contributed by atoms with E-state index in [1.54, 1.807) is 6.07 Å². The molecule has 2 aliphatic rings. The number of fused-ring (bicyclic) bond motifs is 2. The van der Waals surface area contributed by atoms with Gasteiger partial charge in [0.05, 0.1) is 33.0 Å². The van der Waals surface area contributed by atoms with E-state index in [9.17, 15) is 13.9 Å². The predicted molar refractivity (Wildman–Crippen MR) is 133 cm³/mol. The molecule has 12 heteroatoms. The Labute approximate surface area is 206 Å². The molecule has 0 aliphatic carbocycles. The smallest absolute Gasteiger partial charge is 0.258 e. The fraction of sp³-hybridized carbons (Fsp3) is 0.318. The van der Waals surface area contributed by atoms with Crippen LogP contribution in [0.2, 0.25) is 4.34 Å². The quantitative estimate of drug-likeness (QED) is 0.369. The summed E-state index contributed by atoms with van der Waals surface area (Å²) in [5, 5.41) is 11.4. The van der Waals surface area contributed by atoms with Gasteiger partial charge in [0.25, 0.3) is 5.91 Å². The number of amides is 1. The summed E-state index contributed by atoms with van der Waals surface area (Å²) in [6.07, 6.45) is 0.793. The Bertz CT molecular complexity index is 1250. The lowest BCUT2D eigenvalue weighted by Gasteiger charge is -2.25. The predicted octanol–water partition coefficient (Wildman–Crippen LogP) is 3.80. The molecule has 0 atom stereocenters. The molecule has 2 aromatic heterocycles. The molecule has 5 rings (SSSR count). The van der Waals surface area contributed by atoms with E-state index in [-0.39, 0.29) is 37.2 Å². The summed E-state index contributed by atoms with van der Waals surface area (Å²) in [4.78, 5) is 24.2. The molecule has 34 heavy (non-hydrogen) atoms. The van der Waals surface area contributed by atoms with Crippen molar-refractivity contribution in [2.24, 2.45) is 0 Å². The van der Waals surface area contributed by atoms with Crippen LogP contribution in [0.15, 0.2) is 30.3 Å². The number of carbonyl (C=O) groups excluding carboxylic acids is 1. The van der Waals surface area contributed by atoms with Crippen LogP contribution in [-0.4, -0.2) is 56.4 Å². The average Bonchev–Trinajstić information content (AvgIpc) is 3.50. The standard InChI is InChI=1S/C22H23ClN4O5S2/c23-19-4-3-18(33-19)21-25-16-12-34(30,31)11-15(16)22(26-21)27-7-5-13-1-2-14(9-17(13)27)32-10-20(29)24-6-8-28/h1-4,9,28,30-31H,5-8,10-12H2,(H,24,29). The Balaban J connectivity index is 1.48. The molecule has 9 nitrogen and oxygen atoms in total. The lowest BCUT2D eigenvalue weighted by molar-refractivity contribution is -0.123. The SMILES string of the molecule is O=C(COc1ccc2c(c1)N(c1nc(-c3ccc(Cl)s3)nc3c1CS(O)(O)C3)CC2)NCCO. The number of ether oxygens (including phenoxy) is 1. The molecule has 4 heterocycles. The number of nitrogens with zero attached hydrogens (tertiary/aromatic N) is 3. The van der Waals surface area contributed by atoms with E-state index in [4.69, 9.17) is 26.4 Å². The molecule has 180 valence electrons. The highest BCUT2D eigenvalue weighted by atomic mass is 35.5. The monoisotopic (exact) mass is 522 g/mol. The van der Waals surface area contributed by atoms with Crippen molar-refractivity contribution in [2.45, 2.75) is 17.9 Å². The number of benzene rings is 1. The highest BCUT2D eigenvalue weighted by Gasteiger charge is 2.34. The van der Waals surface area contributed by atoms with Crippen molar-refractivity contribution in [3.8, 4) is 16.5 Å². The number of anilines is 2. The van der Waals surface area contributed by atoms with Gasteiger partial charge in [0.2, 0.25) is 0 Å². The number of aliphatic hydroxyl groups is 1. The Kier molecular flexibility index (Phi) is 6.40. The molecule has 0 saturated carbocycles. The van der Waals surface area contributed by atoms with Gasteiger partial charge < -0.3 is 20.1 Å². The van der Waals surface area contributed by atoms with Crippen LogP contribution >= 0.6 is 33.5 Å². The molecule has 0 fully saturated rings. The number of aliphatic hydroxyl groups excluding tert-OH is 1. The third-order valence-corrected chi connectivity index (χ3v) is 8.33. The molecule has 0 radical (unpaired) electrons. The van der Waals surface area contributed by atoms with E-state index in [1.807, 2.05) is 29.2 Å². The summed E-state index contributed by atoms with van der Waals surface area (Å²) in [6, 6.07) is 9.30. The average molecular weight is 523 g/mol. The molecule has 4 N–H and O–H groups in total. The van der Waals surface area contributed by atoms with E-state index in [1.165, 1.54) is 11.3 Å². The summed E-state index contributed by atoms with van der Waals surface area (Å²) in [5.74, 6) is 1.60. The maximum absolute atomic E-state index is 11.8. The fourth-order valence-electron chi connectivity index (χ4n) is 4.12. The largest absolute Gasteiger partial charge is 0.484 e. The van der Waals surface area contributed by atoms with Crippen LogP contribution in [-0.2, 0) is 22.7 Å². The Hall–Kier alpha value is -2.41. The molecule has 0 spiro atoms. The van der Waals surface area contributed by atoms with Gasteiger partial charge in [-0.3, -0.25) is 13.9 Å². The number of nitrogens with one attached hydrogen (secondary N) is 1. The Morgan fingerprint density at radius 2 is 2.09 bits per heavy atom. The van der Waals surface area contributed by atoms with Gasteiger partial charge in [-0.1, -0.05) is 17.7 Å². The third kappa shape index (κ3) is 4.72. The van der Waals surface area contributed by atoms with Crippen LogP contribution in [0.3, 0.4) is 0 Å². The first-order chi connectivity index (χ1) is 16.3. The van der Waals surface area contributed by atoms with Crippen LogP contribution < -0.4 is 15.0 Å². The van der Waals surface area contributed by atoms with Gasteiger partial charge in [0.1, 0.15) is 11.6 Å². The zero-order valence-electron chi connectivity index (χ0n) is 18.0. The lowest BCUT2D eigenvalue weighted by atomic mass is 10.1. The van der Waals surface area contributed by atoms with Crippen molar-refractivity contribution in [1.29, 1.82) is 0 Å². The zero-order chi connectivity index (χ0) is 23.9. The van der Waals surface area contributed by atoms with Crippen LogP contribution in [0.4, 0.5) is 11.5 Å². The minimum Gasteiger partial charge on any atom is -0.484 e. The number of halogens is 1. The molecule has 1 aromatic carbocycles. The summed E-state index contributed by atoms with van der Waals surface area (Å²) < 4.78 is 27.1. The number of rotatable bonds is 7. The fourth-order valence-corrected chi connectivity index (χ4v) is 6.63. The Morgan fingerprint density at radius 3 is 2.85 bits per heavy atom. The zero-order valence-corrected chi connectivity index (χ0v) is 20.4. The number of hydrogen-bond donors (Lipinski definition) is 4. The van der Waals surface area contributed by atoms with Crippen LogP contribution in [0.5, 0.6) is 5.75 Å². The number of carbonyl (C=O) groups is 1. The van der Waals surface area contributed by atoms with Crippen molar-refractivity contribution >= 4 is 50.9 Å². The molecule has 3 aromatic rings. The summed E-state index contributed by atoms with van der Waals surface area (Å²) in [7, 11) is -2.80. The number of aromatic nitrogens is 2. The van der Waals surface area contributed by atoms with Gasteiger partial charge in [-0.05, 0) is 30.2 Å². The third-order valence-electron chi connectivity index (χ3n) is 5.62. The van der Waals surface area contributed by atoms with Gasteiger partial charge in [-0.25, -0.2) is 9.97 Å². The van der Waals surface area contributed by atoms with Gasteiger partial charge in [0.15, 0.2) is 12.4 Å². The van der Waals surface area contributed by atoms with E-state index in [0.29, 0.717) is 34.0 Å². The van der Waals surface area contributed by atoms with Crippen LogP contribution in [0, 0.1) is 0 Å². The molecule has 0 bridgehead atoms. The van der Waals surface area contributed by atoms with E-state index in [0.717, 1.165) is 28.1 Å². The van der Waals surface area contributed by atoms with Gasteiger partial charge >= 0.3 is 0 Å². The molecular weight excluding hydrogens is 500 g/mol. The molecule has 2 aliphatic heterocycles. The van der Waals surface area contributed by atoms with Crippen molar-refractivity contribution in [1.82, 2.24) is 15.3 Å². The number of hydrogen-bond acceptors (Lipinski definition) is 9. The van der Waals surface area contributed by atoms with Crippen molar-refractivity contribution in [3.05, 3.63) is 51.5 Å². The highest BCUT2D eigenvalue weighted by molar-refractivity contribution is 8.23. The second-order valence-electron chi connectivity index (χ2n) is 8.05. The van der Waals surface area contributed by atoms with Gasteiger partial charge in [0, 0.05) is 30.4 Å². The molecule has 0 saturated heterocycles. The van der Waals surface area contributed by atoms with Gasteiger partial charge in [-0.2, -0.15) is 10.6 Å². The first-order valence-electron chi connectivity index (χ1n) is 10.6. The maximum Gasteiger partial charge on any atom is 0.258 e. The van der Waals surface area contributed by atoms with E-state index in [2.05, 4.69) is 10.3 Å². The normalized spacial score (nSPS) is 16.8. The van der Waals surface area contributed by atoms with Crippen LogP contribution in [0.1, 0.15) is 16.8 Å². The highest BCUT2D eigenvalue weighted by Crippen LogP contribution is 2.55. The molecule has 0 unspecified atom stereocenters. The summed E-state index contributed by atoms with van der Waals surface area (Å²) >= 11 is 7.50. The minimum atomic E-state index is -2.80. The van der Waals surface area contributed by atoms with Crippen molar-refractivity contribution in [3.63, 3.8) is 0 Å². The Morgan fingerprint density at radius 1 is 1.24 bits per heavy atom. The summed E-state index contributed by atoms with van der Waals surface area (Å²) in [6.45, 7) is 0.554. The van der Waals surface area contributed by atoms with Gasteiger partial charge in [-0.15, -0.1) is 11.3 Å². The summed E-state index contributed by atoms with van der Waals surface area (Å²) in [5.41, 5.74) is 3.39. The first kappa shape index (κ1) is 23.3. The van der Waals surface area contributed by atoms with Crippen molar-refractivity contribution in [2.75, 3.05) is 31.2 Å². The molecule has 1 amide bonds. The van der Waals surface area contributed by atoms with Crippen LogP contribution in [0.25, 0.3) is 10.7 Å². The van der Waals surface area contributed by atoms with Crippen molar-refractivity contribution < 1.29 is 23.7 Å². The first-order valence-corrected chi connectivity index (χ1v) is 13.7. The lowest BCUT2D eigenvalue weighted by Crippen LogP contribution is -2.31. The number of thiophene rings is 1. The maximum atomic E-state index is 11.8.